The summed E-state index contributed by atoms with van der Waals surface area (Å²) in [5.41, 5.74) is 4.19. The molecule has 1 saturated carbocycles. The molecule has 1 fully saturated rings. The van der Waals surface area contributed by atoms with Gasteiger partial charge in [-0.1, -0.05) is 25.0 Å². The Morgan fingerprint density at radius 1 is 1.38 bits per heavy atom. The lowest BCUT2D eigenvalue weighted by Crippen LogP contribution is -2.32. The average molecular weight is 220 g/mol. The standard InChI is InChI=1S/C13H20N2O/c1-16-12-8-4-7-11(9-12)13(15-14)10-5-2-3-6-10/h4,7-10,13,15H,2-3,5-6,14H2,1H3. The van der Waals surface area contributed by atoms with Gasteiger partial charge in [0.05, 0.1) is 7.11 Å². The molecule has 0 aliphatic heterocycles. The molecule has 0 radical (unpaired) electrons. The van der Waals surface area contributed by atoms with E-state index < -0.39 is 0 Å². The SMILES string of the molecule is COc1cccc(C(NN)C2CCCC2)c1. The molecule has 0 spiro atoms. The second kappa shape index (κ2) is 5.32. The molecule has 1 atom stereocenters. The van der Waals surface area contributed by atoms with Crippen LogP contribution in [0.3, 0.4) is 0 Å². The van der Waals surface area contributed by atoms with Crippen LogP contribution in [-0.4, -0.2) is 7.11 Å². The first kappa shape index (κ1) is 11.4. The molecule has 0 amide bonds. The van der Waals surface area contributed by atoms with E-state index in [-0.39, 0.29) is 6.04 Å². The zero-order valence-electron chi connectivity index (χ0n) is 9.78. The van der Waals surface area contributed by atoms with Crippen molar-refractivity contribution in [2.75, 3.05) is 7.11 Å². The number of rotatable bonds is 4. The Morgan fingerprint density at radius 2 is 2.12 bits per heavy atom. The van der Waals surface area contributed by atoms with Crippen molar-refractivity contribution in [2.24, 2.45) is 11.8 Å². The molecular weight excluding hydrogens is 200 g/mol. The van der Waals surface area contributed by atoms with Gasteiger partial charge < -0.3 is 4.74 Å². The van der Waals surface area contributed by atoms with Crippen molar-refractivity contribution in [2.45, 2.75) is 31.7 Å². The molecular formula is C13H20N2O. The molecule has 3 nitrogen and oxygen atoms in total. The molecule has 3 heteroatoms. The lowest BCUT2D eigenvalue weighted by atomic mass is 9.92. The normalized spacial score (nSPS) is 18.6. The highest BCUT2D eigenvalue weighted by molar-refractivity contribution is 5.30. The van der Waals surface area contributed by atoms with E-state index in [1.54, 1.807) is 7.11 Å². The van der Waals surface area contributed by atoms with Gasteiger partial charge in [0.2, 0.25) is 0 Å². The van der Waals surface area contributed by atoms with Gasteiger partial charge in [-0.15, -0.1) is 0 Å². The molecule has 3 N–H and O–H groups in total. The highest BCUT2D eigenvalue weighted by Crippen LogP contribution is 2.35. The first-order valence-corrected chi connectivity index (χ1v) is 5.95. The van der Waals surface area contributed by atoms with Crippen LogP contribution >= 0.6 is 0 Å². The third kappa shape index (κ3) is 2.36. The van der Waals surface area contributed by atoms with Crippen molar-refractivity contribution < 1.29 is 4.74 Å². The van der Waals surface area contributed by atoms with Crippen molar-refractivity contribution in [3.63, 3.8) is 0 Å². The Balaban J connectivity index is 2.18. The number of hydrogen-bond acceptors (Lipinski definition) is 3. The first-order valence-electron chi connectivity index (χ1n) is 5.95. The van der Waals surface area contributed by atoms with Gasteiger partial charge in [-0.25, -0.2) is 0 Å². The van der Waals surface area contributed by atoms with E-state index >= 15 is 0 Å². The Bertz CT molecular complexity index is 334. The topological polar surface area (TPSA) is 47.3 Å². The van der Waals surface area contributed by atoms with Crippen LogP contribution in [0.25, 0.3) is 0 Å². The van der Waals surface area contributed by atoms with Crippen LogP contribution in [-0.2, 0) is 0 Å². The molecule has 0 bridgehead atoms. The molecule has 1 unspecified atom stereocenters. The zero-order valence-corrected chi connectivity index (χ0v) is 9.78. The van der Waals surface area contributed by atoms with Gasteiger partial charge in [0.1, 0.15) is 5.75 Å². The van der Waals surface area contributed by atoms with Gasteiger partial charge in [-0.3, -0.25) is 11.3 Å². The summed E-state index contributed by atoms with van der Waals surface area (Å²) in [7, 11) is 1.69. The van der Waals surface area contributed by atoms with Crippen LogP contribution in [0.1, 0.15) is 37.3 Å². The second-order valence-corrected chi connectivity index (χ2v) is 4.47. The average Bonchev–Trinajstić information content (AvgIpc) is 2.84. The summed E-state index contributed by atoms with van der Waals surface area (Å²) in [6, 6.07) is 8.44. The molecule has 0 aromatic heterocycles. The molecule has 1 aromatic rings. The molecule has 88 valence electrons. The van der Waals surface area contributed by atoms with Crippen molar-refractivity contribution in [1.29, 1.82) is 0 Å². The van der Waals surface area contributed by atoms with Gasteiger partial charge in [0.15, 0.2) is 0 Å². The lowest BCUT2D eigenvalue weighted by Gasteiger charge is -2.23. The molecule has 0 heterocycles. The van der Waals surface area contributed by atoms with Crippen LogP contribution in [0.5, 0.6) is 5.75 Å². The summed E-state index contributed by atoms with van der Waals surface area (Å²) in [5, 5.41) is 0. The predicted octanol–water partition coefficient (Wildman–Crippen LogP) is 2.39. The van der Waals surface area contributed by atoms with E-state index in [1.165, 1.54) is 31.2 Å². The van der Waals surface area contributed by atoms with Crippen molar-refractivity contribution >= 4 is 0 Å². The summed E-state index contributed by atoms with van der Waals surface area (Å²) >= 11 is 0. The second-order valence-electron chi connectivity index (χ2n) is 4.47. The largest absolute Gasteiger partial charge is 0.497 e. The zero-order chi connectivity index (χ0) is 11.4. The minimum absolute atomic E-state index is 0.262. The number of hydrogen-bond donors (Lipinski definition) is 2. The fourth-order valence-electron chi connectivity index (χ4n) is 2.63. The third-order valence-electron chi connectivity index (χ3n) is 3.50. The monoisotopic (exact) mass is 220 g/mol. The Kier molecular flexibility index (Phi) is 3.80. The number of hydrazine groups is 1. The van der Waals surface area contributed by atoms with Gasteiger partial charge in [0.25, 0.3) is 0 Å². The fourth-order valence-corrected chi connectivity index (χ4v) is 2.63. The summed E-state index contributed by atoms with van der Waals surface area (Å²) < 4.78 is 5.24. The van der Waals surface area contributed by atoms with E-state index in [1.807, 2.05) is 12.1 Å². The van der Waals surface area contributed by atoms with Gasteiger partial charge in [-0.05, 0) is 36.5 Å². The summed E-state index contributed by atoms with van der Waals surface area (Å²) in [4.78, 5) is 0. The quantitative estimate of drug-likeness (QED) is 0.605. The number of ether oxygens (including phenoxy) is 1. The maximum absolute atomic E-state index is 5.69. The highest BCUT2D eigenvalue weighted by Gasteiger charge is 2.25. The van der Waals surface area contributed by atoms with Crippen LogP contribution < -0.4 is 16.0 Å². The predicted molar refractivity (Wildman–Crippen MR) is 65.0 cm³/mol. The third-order valence-corrected chi connectivity index (χ3v) is 3.50. The maximum atomic E-state index is 5.69. The smallest absolute Gasteiger partial charge is 0.119 e. The summed E-state index contributed by atoms with van der Waals surface area (Å²) in [5.74, 6) is 7.25. The molecule has 2 rings (SSSR count). The van der Waals surface area contributed by atoms with Gasteiger partial charge in [0, 0.05) is 6.04 Å². The van der Waals surface area contributed by atoms with E-state index in [4.69, 9.17) is 10.6 Å². The number of methoxy groups -OCH3 is 1. The number of nitrogens with two attached hydrogens (primary N) is 1. The maximum Gasteiger partial charge on any atom is 0.119 e. The molecule has 1 aromatic carbocycles. The molecule has 16 heavy (non-hydrogen) atoms. The van der Waals surface area contributed by atoms with E-state index in [0.717, 1.165) is 5.75 Å². The van der Waals surface area contributed by atoms with Crippen LogP contribution in [0.4, 0.5) is 0 Å². The molecule has 1 aliphatic rings. The minimum Gasteiger partial charge on any atom is -0.497 e. The fraction of sp³-hybridized carbons (Fsp3) is 0.538. The van der Waals surface area contributed by atoms with Gasteiger partial charge in [-0.2, -0.15) is 0 Å². The number of benzene rings is 1. The highest BCUT2D eigenvalue weighted by atomic mass is 16.5. The Labute approximate surface area is 97.0 Å². The van der Waals surface area contributed by atoms with E-state index in [9.17, 15) is 0 Å². The Morgan fingerprint density at radius 3 is 2.75 bits per heavy atom. The summed E-state index contributed by atoms with van der Waals surface area (Å²) in [6.07, 6.45) is 5.19. The van der Waals surface area contributed by atoms with Gasteiger partial charge >= 0.3 is 0 Å². The first-order chi connectivity index (χ1) is 7.85. The Hall–Kier alpha value is -1.06. The van der Waals surface area contributed by atoms with E-state index in [0.29, 0.717) is 5.92 Å². The number of nitrogens with one attached hydrogen (secondary N) is 1. The van der Waals surface area contributed by atoms with Crippen LogP contribution in [0.2, 0.25) is 0 Å². The minimum atomic E-state index is 0.262. The van der Waals surface area contributed by atoms with Crippen LogP contribution in [0, 0.1) is 5.92 Å². The van der Waals surface area contributed by atoms with Crippen molar-refractivity contribution in [3.8, 4) is 5.75 Å². The molecule has 1 aliphatic carbocycles. The van der Waals surface area contributed by atoms with Crippen molar-refractivity contribution in [1.82, 2.24) is 5.43 Å². The van der Waals surface area contributed by atoms with Crippen molar-refractivity contribution in [3.05, 3.63) is 29.8 Å². The summed E-state index contributed by atoms with van der Waals surface area (Å²) in [6.45, 7) is 0. The van der Waals surface area contributed by atoms with E-state index in [2.05, 4.69) is 17.6 Å². The molecule has 0 saturated heterocycles. The van der Waals surface area contributed by atoms with Crippen LogP contribution in [0.15, 0.2) is 24.3 Å². The lowest BCUT2D eigenvalue weighted by molar-refractivity contribution is 0.369.